The zero-order chi connectivity index (χ0) is 9.84. The first-order valence-corrected chi connectivity index (χ1v) is 3.81. The average Bonchev–Trinajstić information content (AvgIpc) is 2.17. The van der Waals surface area contributed by atoms with Gasteiger partial charge in [0.25, 0.3) is 0 Å². The second-order valence-corrected chi connectivity index (χ2v) is 2.70. The van der Waals surface area contributed by atoms with Crippen LogP contribution in [0.3, 0.4) is 0 Å². The topological polar surface area (TPSA) is 73.1 Å². The quantitative estimate of drug-likeness (QED) is 0.363. The summed E-state index contributed by atoms with van der Waals surface area (Å²) in [6, 6.07) is 4.63. The minimum atomic E-state index is -0.105. The Morgan fingerprint density at radius 2 is 2.15 bits per heavy atom. The first kappa shape index (κ1) is 9.54. The predicted molar refractivity (Wildman–Crippen MR) is 48.0 cm³/mol. The molecule has 4 nitrogen and oxygen atoms in total. The largest absolute Gasteiger partial charge is 0.507 e. The second-order valence-electron chi connectivity index (χ2n) is 2.70. The minimum absolute atomic E-state index is 0.0347. The van der Waals surface area contributed by atoms with Crippen molar-refractivity contribution in [3.05, 3.63) is 29.3 Å². The van der Waals surface area contributed by atoms with Crippen molar-refractivity contribution in [1.29, 1.82) is 0 Å². The number of rotatable bonds is 2. The Morgan fingerprint density at radius 3 is 2.69 bits per heavy atom. The molecule has 1 aromatic carbocycles. The highest BCUT2D eigenvalue weighted by atomic mass is 16.4. The fourth-order valence-corrected chi connectivity index (χ4v) is 1.03. The Balaban J connectivity index is 3.19. The SMILES string of the molecule is C/C(=N\O)c1cc(CO)ccc1O. The summed E-state index contributed by atoms with van der Waals surface area (Å²) in [4.78, 5) is 0. The van der Waals surface area contributed by atoms with Gasteiger partial charge in [-0.3, -0.25) is 0 Å². The van der Waals surface area contributed by atoms with Gasteiger partial charge in [0, 0.05) is 5.56 Å². The molecule has 0 spiro atoms. The van der Waals surface area contributed by atoms with Gasteiger partial charge in [-0.2, -0.15) is 0 Å². The van der Waals surface area contributed by atoms with Crippen LogP contribution in [0.2, 0.25) is 0 Å². The molecule has 0 radical (unpaired) electrons. The second kappa shape index (κ2) is 3.91. The molecular weight excluding hydrogens is 170 g/mol. The third kappa shape index (κ3) is 1.97. The highest BCUT2D eigenvalue weighted by Gasteiger charge is 2.05. The first-order chi connectivity index (χ1) is 6.19. The molecule has 0 aliphatic heterocycles. The first-order valence-electron chi connectivity index (χ1n) is 3.81. The lowest BCUT2D eigenvalue weighted by Gasteiger charge is -2.04. The highest BCUT2D eigenvalue weighted by Crippen LogP contribution is 2.19. The molecule has 0 fully saturated rings. The third-order valence-corrected chi connectivity index (χ3v) is 1.78. The molecule has 0 bridgehead atoms. The van der Waals surface area contributed by atoms with Crippen molar-refractivity contribution in [3.63, 3.8) is 0 Å². The van der Waals surface area contributed by atoms with E-state index in [1.54, 1.807) is 19.1 Å². The van der Waals surface area contributed by atoms with Crippen LogP contribution in [0.25, 0.3) is 0 Å². The third-order valence-electron chi connectivity index (χ3n) is 1.78. The van der Waals surface area contributed by atoms with Crippen LogP contribution in [0.5, 0.6) is 5.75 Å². The number of hydrogen-bond acceptors (Lipinski definition) is 4. The van der Waals surface area contributed by atoms with Gasteiger partial charge in [0.05, 0.1) is 12.3 Å². The fourth-order valence-electron chi connectivity index (χ4n) is 1.03. The fraction of sp³-hybridized carbons (Fsp3) is 0.222. The molecule has 0 aliphatic carbocycles. The molecule has 70 valence electrons. The number of hydrogen-bond donors (Lipinski definition) is 3. The van der Waals surface area contributed by atoms with E-state index in [2.05, 4.69) is 5.16 Å². The van der Waals surface area contributed by atoms with E-state index >= 15 is 0 Å². The molecule has 0 amide bonds. The average molecular weight is 181 g/mol. The molecule has 0 heterocycles. The van der Waals surface area contributed by atoms with Crippen LogP contribution in [-0.2, 0) is 6.61 Å². The van der Waals surface area contributed by atoms with Crippen LogP contribution in [0.15, 0.2) is 23.4 Å². The van der Waals surface area contributed by atoms with Crippen LogP contribution in [0, 0.1) is 0 Å². The van der Waals surface area contributed by atoms with Gasteiger partial charge in [-0.1, -0.05) is 11.2 Å². The maximum atomic E-state index is 9.36. The van der Waals surface area contributed by atoms with Crippen molar-refractivity contribution in [3.8, 4) is 5.75 Å². The molecule has 0 saturated carbocycles. The smallest absolute Gasteiger partial charge is 0.124 e. The molecule has 0 aliphatic rings. The molecule has 0 aromatic heterocycles. The van der Waals surface area contributed by atoms with Crippen LogP contribution in [0.4, 0.5) is 0 Å². The van der Waals surface area contributed by atoms with Crippen molar-refractivity contribution < 1.29 is 15.4 Å². The molecule has 4 heteroatoms. The monoisotopic (exact) mass is 181 g/mol. The number of oxime groups is 1. The summed E-state index contributed by atoms with van der Waals surface area (Å²) in [7, 11) is 0. The van der Waals surface area contributed by atoms with Crippen molar-refractivity contribution in [1.82, 2.24) is 0 Å². The van der Waals surface area contributed by atoms with Gasteiger partial charge in [-0.05, 0) is 24.6 Å². The summed E-state index contributed by atoms with van der Waals surface area (Å²) < 4.78 is 0. The Morgan fingerprint density at radius 1 is 1.46 bits per heavy atom. The molecule has 13 heavy (non-hydrogen) atoms. The van der Waals surface area contributed by atoms with Gasteiger partial charge in [-0.15, -0.1) is 0 Å². The van der Waals surface area contributed by atoms with Crippen LogP contribution >= 0.6 is 0 Å². The van der Waals surface area contributed by atoms with E-state index < -0.39 is 0 Å². The Labute approximate surface area is 75.8 Å². The highest BCUT2D eigenvalue weighted by molar-refractivity contribution is 6.00. The van der Waals surface area contributed by atoms with Crippen LogP contribution < -0.4 is 0 Å². The van der Waals surface area contributed by atoms with E-state index in [4.69, 9.17) is 10.3 Å². The van der Waals surface area contributed by atoms with Gasteiger partial charge in [0.15, 0.2) is 0 Å². The van der Waals surface area contributed by atoms with Gasteiger partial charge >= 0.3 is 0 Å². The maximum Gasteiger partial charge on any atom is 0.124 e. The van der Waals surface area contributed by atoms with Crippen molar-refractivity contribution in [2.75, 3.05) is 0 Å². The van der Waals surface area contributed by atoms with Crippen molar-refractivity contribution in [2.24, 2.45) is 5.16 Å². The predicted octanol–water partition coefficient (Wildman–Crippen LogP) is 1.08. The number of aliphatic hydroxyl groups excluding tert-OH is 1. The van der Waals surface area contributed by atoms with Gasteiger partial charge in [0.1, 0.15) is 5.75 Å². The minimum Gasteiger partial charge on any atom is -0.507 e. The Hall–Kier alpha value is -1.55. The Bertz CT molecular complexity index is 334. The number of nitrogens with zero attached hydrogens (tertiary/aromatic N) is 1. The normalized spacial score (nSPS) is 11.7. The number of phenols is 1. The molecule has 0 unspecified atom stereocenters. The summed E-state index contributed by atoms with van der Waals surface area (Å²) in [6.45, 7) is 1.46. The summed E-state index contributed by atoms with van der Waals surface area (Å²) >= 11 is 0. The summed E-state index contributed by atoms with van der Waals surface area (Å²) in [6.07, 6.45) is 0. The summed E-state index contributed by atoms with van der Waals surface area (Å²) in [5.41, 5.74) is 1.40. The molecule has 0 saturated heterocycles. The zero-order valence-corrected chi connectivity index (χ0v) is 7.23. The number of aliphatic hydroxyl groups is 1. The van der Waals surface area contributed by atoms with E-state index in [0.29, 0.717) is 16.8 Å². The molecular formula is C9H11NO3. The van der Waals surface area contributed by atoms with E-state index in [9.17, 15) is 5.11 Å². The molecule has 3 N–H and O–H groups in total. The lowest BCUT2D eigenvalue weighted by atomic mass is 10.1. The number of phenolic OH excluding ortho intramolecular Hbond substituents is 1. The molecule has 1 rings (SSSR count). The van der Waals surface area contributed by atoms with Crippen molar-refractivity contribution in [2.45, 2.75) is 13.5 Å². The zero-order valence-electron chi connectivity index (χ0n) is 7.23. The van der Waals surface area contributed by atoms with Gasteiger partial charge < -0.3 is 15.4 Å². The molecule has 1 aromatic rings. The van der Waals surface area contributed by atoms with Crippen LogP contribution in [-0.4, -0.2) is 21.1 Å². The van der Waals surface area contributed by atoms with E-state index in [1.165, 1.54) is 6.07 Å². The Kier molecular flexibility index (Phi) is 2.87. The maximum absolute atomic E-state index is 9.36. The van der Waals surface area contributed by atoms with E-state index in [-0.39, 0.29) is 12.4 Å². The standard InChI is InChI=1S/C9H11NO3/c1-6(10-13)8-4-7(5-11)2-3-9(8)12/h2-4,11-13H,5H2,1H3/b10-6+. The lowest BCUT2D eigenvalue weighted by molar-refractivity contribution is 0.281. The van der Waals surface area contributed by atoms with E-state index in [1.807, 2.05) is 0 Å². The summed E-state index contributed by atoms with van der Waals surface area (Å²) in [5, 5.41) is 29.6. The van der Waals surface area contributed by atoms with E-state index in [0.717, 1.165) is 0 Å². The number of aromatic hydroxyl groups is 1. The van der Waals surface area contributed by atoms with Gasteiger partial charge in [-0.25, -0.2) is 0 Å². The molecule has 0 atom stereocenters. The van der Waals surface area contributed by atoms with Crippen LogP contribution in [0.1, 0.15) is 18.1 Å². The summed E-state index contributed by atoms with van der Waals surface area (Å²) in [5.74, 6) is 0.0347. The van der Waals surface area contributed by atoms with Crippen molar-refractivity contribution >= 4 is 5.71 Å². The number of benzene rings is 1. The lowest BCUT2D eigenvalue weighted by Crippen LogP contribution is -1.96. The van der Waals surface area contributed by atoms with Gasteiger partial charge in [0.2, 0.25) is 0 Å².